The van der Waals surface area contributed by atoms with Crippen LogP contribution >= 0.6 is 24.0 Å². The van der Waals surface area contributed by atoms with Gasteiger partial charge in [0.1, 0.15) is 0 Å². The summed E-state index contributed by atoms with van der Waals surface area (Å²) in [5, 5.41) is 15.3. The predicted octanol–water partition coefficient (Wildman–Crippen LogP) is 1.63. The van der Waals surface area contributed by atoms with Gasteiger partial charge >= 0.3 is 0 Å². The molecule has 0 saturated heterocycles. The number of nitrogens with one attached hydrogen (secondary N) is 2. The number of hydrogen-bond donors (Lipinski definition) is 3. The fourth-order valence-corrected chi connectivity index (χ4v) is 3.93. The van der Waals surface area contributed by atoms with E-state index in [1.807, 2.05) is 20.8 Å². The first-order valence-electron chi connectivity index (χ1n) is 9.05. The smallest absolute Gasteiger partial charge is 0.215 e. The number of sulfonamides is 1. The molecule has 152 valence electrons. The average molecular weight is 492 g/mol. The summed E-state index contributed by atoms with van der Waals surface area (Å²) in [6.07, 6.45) is 2.83. The van der Waals surface area contributed by atoms with E-state index in [0.717, 1.165) is 19.3 Å². The number of halogens is 1. The van der Waals surface area contributed by atoms with E-state index >= 15 is 0 Å². The van der Waals surface area contributed by atoms with Crippen molar-refractivity contribution in [1.29, 1.82) is 0 Å². The van der Waals surface area contributed by atoms with Crippen molar-refractivity contribution < 1.29 is 13.5 Å². The second-order valence-corrected chi connectivity index (χ2v) is 7.80. The molecule has 0 bridgehead atoms. The zero-order valence-electron chi connectivity index (χ0n) is 16.1. The molecule has 0 aliphatic rings. The molecular weight excluding hydrogens is 455 g/mol. The molecule has 1 atom stereocenters. The van der Waals surface area contributed by atoms with Crippen LogP contribution in [0.5, 0.6) is 0 Å². The van der Waals surface area contributed by atoms with Crippen LogP contribution in [0.3, 0.4) is 0 Å². The second-order valence-electron chi connectivity index (χ2n) is 5.71. The van der Waals surface area contributed by atoms with Crippen LogP contribution in [-0.2, 0) is 10.0 Å². The second kappa shape index (κ2) is 16.1. The van der Waals surface area contributed by atoms with Gasteiger partial charge in [0.2, 0.25) is 10.0 Å². The molecule has 3 N–H and O–H groups in total. The van der Waals surface area contributed by atoms with Crippen molar-refractivity contribution in [2.45, 2.75) is 47.0 Å². The third-order valence-corrected chi connectivity index (χ3v) is 5.86. The summed E-state index contributed by atoms with van der Waals surface area (Å²) >= 11 is 0. The van der Waals surface area contributed by atoms with Crippen LogP contribution < -0.4 is 10.6 Å². The molecule has 0 aliphatic carbocycles. The minimum atomic E-state index is -3.23. The highest BCUT2D eigenvalue weighted by Crippen LogP contribution is 2.10. The van der Waals surface area contributed by atoms with E-state index in [0.29, 0.717) is 44.6 Å². The number of rotatable bonds is 13. The first-order valence-corrected chi connectivity index (χ1v) is 10.7. The molecule has 0 fully saturated rings. The fraction of sp³-hybridized carbons (Fsp3) is 0.938. The van der Waals surface area contributed by atoms with Gasteiger partial charge in [0.15, 0.2) is 5.96 Å². The third kappa shape index (κ3) is 12.0. The summed E-state index contributed by atoms with van der Waals surface area (Å²) in [7, 11) is -3.23. The van der Waals surface area contributed by atoms with Gasteiger partial charge in [0.25, 0.3) is 0 Å². The number of aliphatic hydroxyl groups is 1. The highest BCUT2D eigenvalue weighted by atomic mass is 127. The molecular formula is C16H37IN4O3S. The minimum absolute atomic E-state index is 0. The Balaban J connectivity index is 0. The summed E-state index contributed by atoms with van der Waals surface area (Å²) in [5.74, 6) is 1.04. The standard InChI is InChI=1S/C16H36N4O3S.HI/c1-5-9-15(10-12-21)14-19-16(17-6-2)18-11-13-24(22,23)20(7-3)8-4;/h15,21H,5-14H2,1-4H3,(H2,17,18,19);1H. The van der Waals surface area contributed by atoms with E-state index in [4.69, 9.17) is 5.11 Å². The van der Waals surface area contributed by atoms with Gasteiger partial charge in [-0.3, -0.25) is 4.99 Å². The molecule has 0 spiro atoms. The molecule has 9 heteroatoms. The normalized spacial score (nSPS) is 13.4. The molecule has 1 unspecified atom stereocenters. The Hall–Kier alpha value is -0.130. The first-order chi connectivity index (χ1) is 11.4. The Labute approximate surface area is 171 Å². The molecule has 0 radical (unpaired) electrons. The molecule has 0 rings (SSSR count). The molecule has 25 heavy (non-hydrogen) atoms. The van der Waals surface area contributed by atoms with Crippen LogP contribution in [0.15, 0.2) is 4.99 Å². The number of hydrogen-bond acceptors (Lipinski definition) is 4. The minimum Gasteiger partial charge on any atom is -0.396 e. The molecule has 0 saturated carbocycles. The molecule has 0 heterocycles. The van der Waals surface area contributed by atoms with Crippen LogP contribution in [0, 0.1) is 5.92 Å². The van der Waals surface area contributed by atoms with Crippen molar-refractivity contribution in [3.05, 3.63) is 0 Å². The highest BCUT2D eigenvalue weighted by molar-refractivity contribution is 14.0. The topological polar surface area (TPSA) is 94.0 Å². The molecule has 0 aromatic carbocycles. The Morgan fingerprint density at radius 1 is 1.12 bits per heavy atom. The number of aliphatic imine (C=N–C) groups is 1. The van der Waals surface area contributed by atoms with Crippen LogP contribution in [0.25, 0.3) is 0 Å². The maximum Gasteiger partial charge on any atom is 0.215 e. The van der Waals surface area contributed by atoms with Gasteiger partial charge in [-0.2, -0.15) is 0 Å². The zero-order chi connectivity index (χ0) is 18.4. The van der Waals surface area contributed by atoms with Crippen molar-refractivity contribution in [1.82, 2.24) is 14.9 Å². The monoisotopic (exact) mass is 492 g/mol. The van der Waals surface area contributed by atoms with E-state index < -0.39 is 10.0 Å². The lowest BCUT2D eigenvalue weighted by Gasteiger charge is -2.19. The quantitative estimate of drug-likeness (QED) is 0.207. The summed E-state index contributed by atoms with van der Waals surface area (Å²) in [6, 6.07) is 0. The van der Waals surface area contributed by atoms with Gasteiger partial charge in [-0.05, 0) is 25.7 Å². The molecule has 0 aromatic rings. The summed E-state index contributed by atoms with van der Waals surface area (Å²) < 4.78 is 25.8. The Morgan fingerprint density at radius 3 is 2.24 bits per heavy atom. The zero-order valence-corrected chi connectivity index (χ0v) is 19.3. The molecule has 0 aliphatic heterocycles. The summed E-state index contributed by atoms with van der Waals surface area (Å²) in [6.45, 7) is 10.6. The fourth-order valence-electron chi connectivity index (χ4n) is 2.52. The number of aliphatic hydroxyl groups excluding tert-OH is 1. The van der Waals surface area contributed by atoms with Gasteiger partial charge in [-0.15, -0.1) is 24.0 Å². The van der Waals surface area contributed by atoms with Crippen LogP contribution in [-0.4, -0.2) is 68.9 Å². The van der Waals surface area contributed by atoms with Gasteiger partial charge in [0, 0.05) is 39.3 Å². The summed E-state index contributed by atoms with van der Waals surface area (Å²) in [5.41, 5.74) is 0. The highest BCUT2D eigenvalue weighted by Gasteiger charge is 2.18. The lowest BCUT2D eigenvalue weighted by Crippen LogP contribution is -2.42. The van der Waals surface area contributed by atoms with E-state index in [1.54, 1.807) is 0 Å². The van der Waals surface area contributed by atoms with E-state index in [1.165, 1.54) is 4.31 Å². The molecule has 0 amide bonds. The van der Waals surface area contributed by atoms with Gasteiger partial charge < -0.3 is 15.7 Å². The van der Waals surface area contributed by atoms with Gasteiger partial charge in [0.05, 0.1) is 5.75 Å². The predicted molar refractivity (Wildman–Crippen MR) is 116 cm³/mol. The van der Waals surface area contributed by atoms with Crippen LogP contribution in [0.1, 0.15) is 47.0 Å². The van der Waals surface area contributed by atoms with Crippen molar-refractivity contribution in [3.63, 3.8) is 0 Å². The van der Waals surface area contributed by atoms with Crippen molar-refractivity contribution in [2.75, 3.05) is 45.1 Å². The Bertz CT molecular complexity index is 437. The molecule has 0 aromatic heterocycles. The van der Waals surface area contributed by atoms with Crippen molar-refractivity contribution >= 4 is 40.0 Å². The molecule has 7 nitrogen and oxygen atoms in total. The Morgan fingerprint density at radius 2 is 1.76 bits per heavy atom. The maximum atomic E-state index is 12.2. The number of nitrogens with zero attached hydrogens (tertiary/aromatic N) is 2. The van der Waals surface area contributed by atoms with Crippen LogP contribution in [0.4, 0.5) is 0 Å². The third-order valence-electron chi connectivity index (χ3n) is 3.84. The van der Waals surface area contributed by atoms with E-state index in [2.05, 4.69) is 22.5 Å². The Kier molecular flexibility index (Phi) is 17.4. The van der Waals surface area contributed by atoms with Crippen molar-refractivity contribution in [3.8, 4) is 0 Å². The van der Waals surface area contributed by atoms with Crippen LogP contribution in [0.2, 0.25) is 0 Å². The van der Waals surface area contributed by atoms with Gasteiger partial charge in [-0.1, -0.05) is 27.2 Å². The van der Waals surface area contributed by atoms with Crippen molar-refractivity contribution in [2.24, 2.45) is 10.9 Å². The first kappa shape index (κ1) is 27.1. The van der Waals surface area contributed by atoms with Gasteiger partial charge in [-0.25, -0.2) is 12.7 Å². The maximum absolute atomic E-state index is 12.2. The largest absolute Gasteiger partial charge is 0.396 e. The lowest BCUT2D eigenvalue weighted by molar-refractivity contribution is 0.253. The summed E-state index contributed by atoms with van der Waals surface area (Å²) in [4.78, 5) is 4.53. The lowest BCUT2D eigenvalue weighted by atomic mass is 10.0. The SMILES string of the molecule is CCCC(CCO)CN=C(NCC)NCCS(=O)(=O)N(CC)CC.I. The number of guanidine groups is 1. The van der Waals surface area contributed by atoms with E-state index in [9.17, 15) is 8.42 Å². The average Bonchev–Trinajstić information content (AvgIpc) is 2.53. The van der Waals surface area contributed by atoms with E-state index in [-0.39, 0.29) is 36.3 Å².